The fourth-order valence-electron chi connectivity index (χ4n) is 3.12. The summed E-state index contributed by atoms with van der Waals surface area (Å²) in [6, 6.07) is 3.68. The Balaban J connectivity index is 1.68. The Labute approximate surface area is 142 Å². The van der Waals surface area contributed by atoms with Crippen LogP contribution in [0.25, 0.3) is 0 Å². The van der Waals surface area contributed by atoms with Gasteiger partial charge in [0.2, 0.25) is 0 Å². The largest absolute Gasteiger partial charge is 0.329 e. The van der Waals surface area contributed by atoms with Crippen LogP contribution in [0, 0.1) is 6.92 Å². The van der Waals surface area contributed by atoms with Gasteiger partial charge in [-0.05, 0) is 31.5 Å². The summed E-state index contributed by atoms with van der Waals surface area (Å²) < 4.78 is 0. The smallest absolute Gasteiger partial charge is 0.319 e. The fourth-order valence-corrected chi connectivity index (χ4v) is 3.12. The van der Waals surface area contributed by atoms with E-state index in [1.54, 1.807) is 4.90 Å². The molecule has 0 saturated carbocycles. The molecule has 1 aromatic rings. The molecule has 4 atom stereocenters. The van der Waals surface area contributed by atoms with Crippen LogP contribution in [0.2, 0.25) is 0 Å². The second kappa shape index (κ2) is 7.43. The van der Waals surface area contributed by atoms with E-state index in [1.807, 2.05) is 25.3 Å². The number of nitrogens with zero attached hydrogens (tertiary/aromatic N) is 2. The number of pyridine rings is 1. The van der Waals surface area contributed by atoms with Crippen LogP contribution in [-0.4, -0.2) is 47.1 Å². The zero-order valence-electron chi connectivity index (χ0n) is 14.2. The summed E-state index contributed by atoms with van der Waals surface area (Å²) in [5.74, 6) is 0. The molecular weight excluding hydrogens is 306 g/mol. The van der Waals surface area contributed by atoms with E-state index < -0.39 is 0 Å². The van der Waals surface area contributed by atoms with Crippen LogP contribution >= 0.6 is 0 Å². The van der Waals surface area contributed by atoms with E-state index in [-0.39, 0.29) is 30.7 Å². The maximum Gasteiger partial charge on any atom is 0.319 e. The Bertz CT molecular complexity index is 564. The molecule has 3 rings (SSSR count). The van der Waals surface area contributed by atoms with Gasteiger partial charge in [-0.1, -0.05) is 19.4 Å². The van der Waals surface area contributed by atoms with Gasteiger partial charge >= 0.3 is 6.03 Å². The van der Waals surface area contributed by atoms with Crippen LogP contribution in [0.1, 0.15) is 31.0 Å². The lowest BCUT2D eigenvalue weighted by atomic mass is 10.1. The summed E-state index contributed by atoms with van der Waals surface area (Å²) in [5, 5.41) is 13.1. The Morgan fingerprint density at radius 3 is 2.92 bits per heavy atom. The van der Waals surface area contributed by atoms with E-state index in [0.717, 1.165) is 30.6 Å². The lowest BCUT2D eigenvalue weighted by molar-refractivity contribution is 0.116. The summed E-state index contributed by atoms with van der Waals surface area (Å²) in [6.07, 6.45) is 3.46. The van der Waals surface area contributed by atoms with Crippen molar-refractivity contribution in [3.8, 4) is 0 Å². The minimum atomic E-state index is -0.305. The zero-order chi connectivity index (χ0) is 17.1. The minimum Gasteiger partial charge on any atom is -0.329 e. The number of nitrogens with one attached hydrogen (secondary N) is 4. The van der Waals surface area contributed by atoms with Crippen LogP contribution in [0.5, 0.6) is 0 Å². The maximum absolute atomic E-state index is 12.4. The van der Waals surface area contributed by atoms with E-state index in [4.69, 9.17) is 5.73 Å². The minimum absolute atomic E-state index is 0.107. The van der Waals surface area contributed by atoms with Crippen molar-refractivity contribution in [2.45, 2.75) is 57.9 Å². The number of nitrogens with two attached hydrogens (primary N) is 1. The van der Waals surface area contributed by atoms with Gasteiger partial charge in [-0.15, -0.1) is 0 Å². The molecule has 3 heterocycles. The topological polar surface area (TPSA) is 107 Å². The molecule has 2 fully saturated rings. The molecule has 0 spiro atoms. The standard InChI is InChI=1S/C16H27N7O/c1-3-4-7-18-15-21-13(17)12-14(22-15)23(16(24)20-12)9-11-6-5-10(2)19-8-11/h5-6,8,12-15,18,21-22H,3-4,7,9,17H2,1-2H3,(H,20,24). The molecule has 8 nitrogen and oxygen atoms in total. The molecule has 8 heteroatoms. The molecule has 1 aromatic heterocycles. The van der Waals surface area contributed by atoms with Crippen molar-refractivity contribution in [2.75, 3.05) is 6.54 Å². The summed E-state index contributed by atoms with van der Waals surface area (Å²) >= 11 is 0. The van der Waals surface area contributed by atoms with E-state index in [1.165, 1.54) is 0 Å². The highest BCUT2D eigenvalue weighted by Crippen LogP contribution is 2.19. The number of hydrogen-bond donors (Lipinski definition) is 5. The first-order valence-electron chi connectivity index (χ1n) is 8.58. The number of carbonyl (C=O) groups excluding carboxylic acids is 1. The predicted molar refractivity (Wildman–Crippen MR) is 91.6 cm³/mol. The second-order valence-corrected chi connectivity index (χ2v) is 6.46. The number of aromatic nitrogens is 1. The van der Waals surface area contributed by atoms with Gasteiger partial charge in [0.15, 0.2) is 0 Å². The lowest BCUT2D eigenvalue weighted by Gasteiger charge is -2.40. The molecule has 132 valence electrons. The van der Waals surface area contributed by atoms with Gasteiger partial charge in [0, 0.05) is 11.9 Å². The molecule has 24 heavy (non-hydrogen) atoms. The van der Waals surface area contributed by atoms with Crippen molar-refractivity contribution in [1.29, 1.82) is 0 Å². The van der Waals surface area contributed by atoms with E-state index in [2.05, 4.69) is 33.2 Å². The summed E-state index contributed by atoms with van der Waals surface area (Å²) in [7, 11) is 0. The highest BCUT2D eigenvalue weighted by molar-refractivity contribution is 5.77. The predicted octanol–water partition coefficient (Wildman–Crippen LogP) is -0.239. The number of urea groups is 1. The summed E-state index contributed by atoms with van der Waals surface area (Å²) in [5.41, 5.74) is 8.17. The molecular formula is C16H27N7O. The van der Waals surface area contributed by atoms with E-state index in [9.17, 15) is 4.79 Å². The highest BCUT2D eigenvalue weighted by Gasteiger charge is 2.46. The average Bonchev–Trinajstić information content (AvgIpc) is 2.87. The van der Waals surface area contributed by atoms with Crippen LogP contribution in [0.15, 0.2) is 18.3 Å². The molecule has 6 N–H and O–H groups in total. The third-order valence-electron chi connectivity index (χ3n) is 4.51. The molecule has 0 radical (unpaired) electrons. The third kappa shape index (κ3) is 3.67. The molecule has 4 unspecified atom stereocenters. The third-order valence-corrected chi connectivity index (χ3v) is 4.51. The Morgan fingerprint density at radius 2 is 2.21 bits per heavy atom. The Hall–Kier alpha value is -1.74. The van der Waals surface area contributed by atoms with E-state index in [0.29, 0.717) is 6.54 Å². The molecule has 2 saturated heterocycles. The average molecular weight is 333 g/mol. The second-order valence-electron chi connectivity index (χ2n) is 6.46. The lowest BCUT2D eigenvalue weighted by Crippen LogP contribution is -2.74. The Kier molecular flexibility index (Phi) is 5.30. The van der Waals surface area contributed by atoms with Crippen LogP contribution < -0.4 is 27.0 Å². The van der Waals surface area contributed by atoms with Gasteiger partial charge in [0.1, 0.15) is 12.5 Å². The van der Waals surface area contributed by atoms with Gasteiger partial charge in [0.25, 0.3) is 0 Å². The fraction of sp³-hybridized carbons (Fsp3) is 0.625. The summed E-state index contributed by atoms with van der Waals surface area (Å²) in [4.78, 5) is 18.5. The number of unbranched alkanes of at least 4 members (excludes halogenated alkanes) is 1. The monoisotopic (exact) mass is 333 g/mol. The number of rotatable bonds is 6. The van der Waals surface area contributed by atoms with Gasteiger partial charge in [-0.3, -0.25) is 20.9 Å². The SMILES string of the molecule is CCCCNC1NC(N)C2NC(=O)N(Cc3ccc(C)nc3)C2N1. The maximum atomic E-state index is 12.4. The van der Waals surface area contributed by atoms with Crippen molar-refractivity contribution >= 4 is 6.03 Å². The van der Waals surface area contributed by atoms with Crippen LogP contribution in [0.4, 0.5) is 4.79 Å². The van der Waals surface area contributed by atoms with Crippen molar-refractivity contribution in [3.05, 3.63) is 29.6 Å². The van der Waals surface area contributed by atoms with Crippen LogP contribution in [-0.2, 0) is 6.54 Å². The molecule has 0 aromatic carbocycles. The van der Waals surface area contributed by atoms with Crippen LogP contribution in [0.3, 0.4) is 0 Å². The van der Waals surface area contributed by atoms with Crippen molar-refractivity contribution in [2.24, 2.45) is 5.73 Å². The first-order valence-corrected chi connectivity index (χ1v) is 8.58. The number of amides is 2. The number of fused-ring (bicyclic) bond motifs is 1. The molecule has 2 aliphatic rings. The quantitative estimate of drug-likeness (QED) is 0.460. The number of carbonyl (C=O) groups is 1. The van der Waals surface area contributed by atoms with Gasteiger partial charge in [-0.25, -0.2) is 4.79 Å². The van der Waals surface area contributed by atoms with Gasteiger partial charge in [-0.2, -0.15) is 0 Å². The van der Waals surface area contributed by atoms with Gasteiger partial charge in [0.05, 0.1) is 18.8 Å². The number of hydrogen-bond acceptors (Lipinski definition) is 6. The normalized spacial score (nSPS) is 29.5. The molecule has 2 amide bonds. The van der Waals surface area contributed by atoms with E-state index >= 15 is 0 Å². The van der Waals surface area contributed by atoms with Gasteiger partial charge < -0.3 is 16.0 Å². The first-order chi connectivity index (χ1) is 11.6. The highest BCUT2D eigenvalue weighted by atomic mass is 16.2. The Morgan fingerprint density at radius 1 is 1.38 bits per heavy atom. The molecule has 2 aliphatic heterocycles. The summed E-state index contributed by atoms with van der Waals surface area (Å²) in [6.45, 7) is 5.50. The first kappa shape index (κ1) is 17.1. The van der Waals surface area contributed by atoms with Crippen molar-refractivity contribution in [1.82, 2.24) is 31.2 Å². The van der Waals surface area contributed by atoms with Crippen molar-refractivity contribution in [3.63, 3.8) is 0 Å². The van der Waals surface area contributed by atoms with Crippen molar-refractivity contribution < 1.29 is 4.79 Å². The number of aryl methyl sites for hydroxylation is 1. The molecule has 0 aliphatic carbocycles. The molecule has 0 bridgehead atoms. The zero-order valence-corrected chi connectivity index (χ0v) is 14.2.